The molecule has 26 nitrogen and oxygen atoms in total. The van der Waals surface area contributed by atoms with Crippen molar-refractivity contribution in [3.63, 3.8) is 0 Å². The maximum absolute atomic E-state index is 12.5. The van der Waals surface area contributed by atoms with Crippen LogP contribution < -0.4 is 0 Å². The number of aromatic hydroxyl groups is 4. The van der Waals surface area contributed by atoms with Crippen LogP contribution in [0.1, 0.15) is 11.1 Å². The Hall–Kier alpha value is -6.56. The van der Waals surface area contributed by atoms with Crippen LogP contribution in [0.25, 0.3) is 33.7 Å². The Balaban J connectivity index is 1.40. The summed E-state index contributed by atoms with van der Waals surface area (Å²) in [6.45, 7) is 0. The minimum absolute atomic E-state index is 0.412. The molecule has 0 aromatic heterocycles. The van der Waals surface area contributed by atoms with Gasteiger partial charge in [-0.05, 0) is 70.4 Å². The Kier molecular flexibility index (Phi) is 12.4. The molecular weight excluding hydrogens is 1010 g/mol. The van der Waals surface area contributed by atoms with Crippen LogP contribution in [0.15, 0.2) is 123 Å². The smallest absolute Gasteiger partial charge is 0.296 e. The molecule has 0 amide bonds. The highest BCUT2D eigenvalue weighted by molar-refractivity contribution is 7.87. The molecular formula is C34H24N4O22S6. The number of phenolic OH excluding ortho intramolecular Hbond substituents is 4. The molecule has 0 heterocycles. The normalized spacial score (nSPS) is 13.5. The number of benzene rings is 6. The first-order valence-electron chi connectivity index (χ1n) is 16.9. The van der Waals surface area contributed by atoms with E-state index in [-0.39, 0.29) is 0 Å². The van der Waals surface area contributed by atoms with E-state index < -0.39 is 169 Å². The summed E-state index contributed by atoms with van der Waals surface area (Å²) in [5, 5.41) is 54.5. The van der Waals surface area contributed by atoms with Gasteiger partial charge in [-0.3, -0.25) is 27.3 Å². The zero-order valence-corrected chi connectivity index (χ0v) is 36.6. The van der Waals surface area contributed by atoms with Gasteiger partial charge in [0.1, 0.15) is 42.5 Å². The fraction of sp³-hybridized carbons (Fsp3) is 0. The highest BCUT2D eigenvalue weighted by Crippen LogP contribution is 2.47. The Morgan fingerprint density at radius 1 is 0.364 bits per heavy atom. The van der Waals surface area contributed by atoms with E-state index in [1.165, 1.54) is 0 Å². The number of rotatable bonds is 12. The molecule has 0 fully saturated rings. The molecule has 10 N–H and O–H groups in total. The number of hydrogen-bond donors (Lipinski definition) is 10. The molecule has 6 aromatic rings. The van der Waals surface area contributed by atoms with Crippen LogP contribution in [-0.2, 0) is 60.7 Å². The van der Waals surface area contributed by atoms with E-state index in [2.05, 4.69) is 20.5 Å². The van der Waals surface area contributed by atoms with Gasteiger partial charge in [-0.15, -0.1) is 10.2 Å². The van der Waals surface area contributed by atoms with Gasteiger partial charge in [-0.2, -0.15) is 60.7 Å². The number of phenols is 4. The second kappa shape index (κ2) is 16.7. The van der Waals surface area contributed by atoms with Crippen LogP contribution in [-0.4, -0.2) is 98.2 Å². The summed E-state index contributed by atoms with van der Waals surface area (Å²) in [7, 11) is -31.1. The summed E-state index contributed by atoms with van der Waals surface area (Å²) in [5.41, 5.74) is -3.97. The molecule has 32 heteroatoms. The van der Waals surface area contributed by atoms with Gasteiger partial charge in [0.25, 0.3) is 60.7 Å². The fourth-order valence-electron chi connectivity index (χ4n) is 6.05. The zero-order chi connectivity index (χ0) is 49.3. The molecule has 0 saturated heterocycles. The van der Waals surface area contributed by atoms with Crippen LogP contribution in [0.2, 0.25) is 0 Å². The third-order valence-corrected chi connectivity index (χ3v) is 14.1. The first-order chi connectivity index (χ1) is 30.2. The maximum atomic E-state index is 12.5. The highest BCUT2D eigenvalue weighted by Gasteiger charge is 2.28. The van der Waals surface area contributed by atoms with Crippen molar-refractivity contribution in [1.82, 2.24) is 0 Å². The predicted molar refractivity (Wildman–Crippen MR) is 224 cm³/mol. The summed E-state index contributed by atoms with van der Waals surface area (Å²) in [5.74, 6) is -4.43. The summed E-state index contributed by atoms with van der Waals surface area (Å²) in [4.78, 5) is -6.23. The number of azo groups is 2. The summed E-state index contributed by atoms with van der Waals surface area (Å²) in [6.07, 6.45) is 1.80. The van der Waals surface area contributed by atoms with Crippen molar-refractivity contribution < 1.29 is 98.2 Å². The molecule has 0 unspecified atom stereocenters. The van der Waals surface area contributed by atoms with E-state index in [1.807, 2.05) is 0 Å². The molecule has 0 spiro atoms. The SMILES string of the molecule is O=S(=O)(O)c1cc(O)c2c(O)c(N=Nc3ccc(C=Cc4ccc(N=Nc5c(S(=O)(=O)O)cc6cc(S(=O)(=O)O)cc(O)c6c5O)cc4S(=O)(=O)O)c(S(=O)(=O)O)c3)c(S(=O)(=O)O)cc2c1. The quantitative estimate of drug-likeness (QED) is 0.0422. The Morgan fingerprint density at radius 3 is 0.970 bits per heavy atom. The molecule has 6 rings (SSSR count). The van der Waals surface area contributed by atoms with Gasteiger partial charge in [0.15, 0.2) is 11.5 Å². The molecule has 0 atom stereocenters. The lowest BCUT2D eigenvalue weighted by Crippen LogP contribution is -2.02. The second-order valence-corrected chi connectivity index (χ2v) is 21.7. The van der Waals surface area contributed by atoms with E-state index in [4.69, 9.17) is 0 Å². The average molecular weight is 1030 g/mol. The van der Waals surface area contributed by atoms with Crippen LogP contribution >= 0.6 is 0 Å². The van der Waals surface area contributed by atoms with Crippen molar-refractivity contribution in [3.8, 4) is 23.0 Å². The van der Waals surface area contributed by atoms with E-state index in [0.717, 1.165) is 36.4 Å². The largest absolute Gasteiger partial charge is 0.507 e. The number of hydrogen-bond acceptors (Lipinski definition) is 20. The van der Waals surface area contributed by atoms with Crippen molar-refractivity contribution >= 4 is 117 Å². The molecule has 0 aliphatic heterocycles. The molecule has 0 saturated carbocycles. The first kappa shape index (κ1) is 48.9. The monoisotopic (exact) mass is 1030 g/mol. The molecule has 0 aliphatic rings. The van der Waals surface area contributed by atoms with Gasteiger partial charge >= 0.3 is 0 Å². The second-order valence-electron chi connectivity index (χ2n) is 13.3. The van der Waals surface area contributed by atoms with Gasteiger partial charge in [0.05, 0.1) is 31.9 Å². The van der Waals surface area contributed by atoms with Crippen LogP contribution in [0.4, 0.5) is 22.7 Å². The molecule has 6 aromatic carbocycles. The molecule has 0 radical (unpaired) electrons. The third-order valence-electron chi connectivity index (χ3n) is 8.88. The fourth-order valence-corrected chi connectivity index (χ4v) is 9.84. The van der Waals surface area contributed by atoms with Crippen molar-refractivity contribution in [3.05, 3.63) is 83.9 Å². The molecule has 66 heavy (non-hydrogen) atoms. The predicted octanol–water partition coefficient (Wildman–Crippen LogP) is 5.30. The average Bonchev–Trinajstić information content (AvgIpc) is 3.16. The lowest BCUT2D eigenvalue weighted by Gasteiger charge is -2.11. The van der Waals surface area contributed by atoms with Gasteiger partial charge in [0, 0.05) is 12.1 Å². The van der Waals surface area contributed by atoms with E-state index in [0.29, 0.717) is 48.5 Å². The van der Waals surface area contributed by atoms with Gasteiger partial charge in [-0.1, -0.05) is 24.3 Å². The van der Waals surface area contributed by atoms with Gasteiger partial charge < -0.3 is 20.4 Å². The molecule has 0 aliphatic carbocycles. The number of fused-ring (bicyclic) bond motifs is 2. The zero-order valence-electron chi connectivity index (χ0n) is 31.7. The Labute approximate surface area is 370 Å². The van der Waals surface area contributed by atoms with E-state index in [1.54, 1.807) is 0 Å². The van der Waals surface area contributed by atoms with Crippen LogP contribution in [0.5, 0.6) is 23.0 Å². The lowest BCUT2D eigenvalue weighted by molar-refractivity contribution is 0.457. The maximum Gasteiger partial charge on any atom is 0.296 e. The Morgan fingerprint density at radius 2 is 0.682 bits per heavy atom. The summed E-state index contributed by atoms with van der Waals surface area (Å²) >= 11 is 0. The lowest BCUT2D eigenvalue weighted by atomic mass is 10.1. The summed E-state index contributed by atoms with van der Waals surface area (Å²) in [6, 6.07) is 8.51. The topological polar surface area (TPSA) is 457 Å². The summed E-state index contributed by atoms with van der Waals surface area (Å²) < 4.78 is 204. The van der Waals surface area contributed by atoms with Crippen LogP contribution in [0, 0.1) is 0 Å². The highest BCUT2D eigenvalue weighted by atomic mass is 32.2. The van der Waals surface area contributed by atoms with E-state index >= 15 is 0 Å². The van der Waals surface area contributed by atoms with Crippen molar-refractivity contribution in [2.45, 2.75) is 29.4 Å². The Bertz CT molecular complexity index is 3660. The molecule has 348 valence electrons. The minimum Gasteiger partial charge on any atom is -0.507 e. The van der Waals surface area contributed by atoms with Gasteiger partial charge in [0.2, 0.25) is 0 Å². The third kappa shape index (κ3) is 10.1. The standard InChI is InChI=1S/C34H24N4O22S6/c39-23-13-21(61(43,44)45)7-17-9-27(65(55,56)57)31(33(41)29(17)23)37-35-19-5-3-15(25(11-19)63(49,50)51)1-2-16-4-6-20(12-26(16)64(52,53)54)36-38-32-28(66(58,59)60)10-18-8-22(62(46,47)48)14-24(40)30(18)34(32)42/h1-14,39-42H,(H,43,44,45)(H,46,47,48)(H,49,50,51)(H,52,53,54)(H,55,56,57)(H,58,59,60). The minimum atomic E-state index is -5.34. The van der Waals surface area contributed by atoms with Gasteiger partial charge in [-0.25, -0.2) is 0 Å². The van der Waals surface area contributed by atoms with Crippen molar-refractivity contribution in [1.29, 1.82) is 0 Å². The molecule has 0 bridgehead atoms. The van der Waals surface area contributed by atoms with Crippen LogP contribution in [0.3, 0.4) is 0 Å². The number of nitrogens with zero attached hydrogens (tertiary/aromatic N) is 4. The first-order valence-corrected chi connectivity index (χ1v) is 25.5. The van der Waals surface area contributed by atoms with Crippen molar-refractivity contribution in [2.24, 2.45) is 20.5 Å². The van der Waals surface area contributed by atoms with Crippen molar-refractivity contribution in [2.75, 3.05) is 0 Å². The van der Waals surface area contributed by atoms with E-state index in [9.17, 15) is 98.2 Å².